The van der Waals surface area contributed by atoms with Crippen LogP contribution in [0.25, 0.3) is 0 Å². The van der Waals surface area contributed by atoms with Crippen LogP contribution in [0.1, 0.15) is 61.1 Å². The van der Waals surface area contributed by atoms with Gasteiger partial charge < -0.3 is 4.90 Å². The topological polar surface area (TPSA) is 26.8 Å². The van der Waals surface area contributed by atoms with Gasteiger partial charge in [0, 0.05) is 13.1 Å². The molecule has 0 spiro atoms. The van der Waals surface area contributed by atoms with Crippen molar-refractivity contribution in [2.45, 2.75) is 49.9 Å². The zero-order valence-electron chi connectivity index (χ0n) is 21.2. The molecule has 0 aliphatic carbocycles. The highest BCUT2D eigenvalue weighted by molar-refractivity contribution is 6.09. The number of rotatable bonds is 6. The number of carbonyl (C=O) groups excluding carboxylic acids is 1. The molecule has 0 N–H and O–H groups in total. The maximum Gasteiger partial charge on any atom is 0.256 e. The van der Waals surface area contributed by atoms with Crippen LogP contribution in [0.2, 0.25) is 0 Å². The second-order valence-corrected chi connectivity index (χ2v) is 10.7. The second kappa shape index (κ2) is 10.2. The van der Waals surface area contributed by atoms with E-state index in [1.54, 1.807) is 0 Å². The van der Waals surface area contributed by atoms with E-state index >= 15 is 0 Å². The summed E-state index contributed by atoms with van der Waals surface area (Å²) in [6, 6.07) is 30.0. The van der Waals surface area contributed by atoms with Crippen LogP contribution in [0.5, 0.6) is 0 Å². The van der Waals surface area contributed by atoms with Crippen molar-refractivity contribution >= 4 is 11.6 Å². The predicted molar refractivity (Wildman–Crippen MR) is 146 cm³/mol. The molecule has 3 aliphatic rings. The van der Waals surface area contributed by atoms with Gasteiger partial charge in [-0.3, -0.25) is 4.79 Å². The lowest BCUT2D eigenvalue weighted by Crippen LogP contribution is -2.52. The normalized spacial score (nSPS) is 23.7. The first kappa shape index (κ1) is 23.4. The first-order valence-electron chi connectivity index (χ1n) is 13.8. The molecule has 2 saturated heterocycles. The van der Waals surface area contributed by atoms with E-state index in [9.17, 15) is 4.79 Å². The second-order valence-electron chi connectivity index (χ2n) is 10.7. The van der Waals surface area contributed by atoms with E-state index in [1.165, 1.54) is 30.4 Å². The summed E-state index contributed by atoms with van der Waals surface area (Å²) in [5.74, 6) is 0.880. The first-order valence-corrected chi connectivity index (χ1v) is 13.8. The molecule has 4 nitrogen and oxygen atoms in total. The summed E-state index contributed by atoms with van der Waals surface area (Å²) in [6.07, 6.45) is 6.75. The number of hydrogen-bond donors (Lipinski definition) is 0. The zero-order valence-corrected chi connectivity index (χ0v) is 21.2. The fraction of sp³-hybridized carbons (Fsp3) is 0.406. The minimum Gasteiger partial charge on any atom is -0.303 e. The summed E-state index contributed by atoms with van der Waals surface area (Å²) in [6.45, 7) is 5.03. The van der Waals surface area contributed by atoms with Gasteiger partial charge in [-0.25, -0.2) is 10.0 Å². The van der Waals surface area contributed by atoms with Crippen molar-refractivity contribution in [1.82, 2.24) is 9.91 Å². The monoisotopic (exact) mass is 479 g/mol. The van der Waals surface area contributed by atoms with Gasteiger partial charge in [0.1, 0.15) is 5.41 Å². The fourth-order valence-corrected chi connectivity index (χ4v) is 6.71. The van der Waals surface area contributed by atoms with Gasteiger partial charge >= 0.3 is 0 Å². The molecule has 0 radical (unpaired) electrons. The molecule has 1 amide bonds. The molecule has 3 heterocycles. The Labute approximate surface area is 215 Å². The maximum absolute atomic E-state index is 14.6. The Kier molecular flexibility index (Phi) is 6.64. The van der Waals surface area contributed by atoms with Crippen molar-refractivity contribution in [3.63, 3.8) is 0 Å². The van der Waals surface area contributed by atoms with E-state index in [2.05, 4.69) is 94.8 Å². The van der Waals surface area contributed by atoms with Gasteiger partial charge in [0.15, 0.2) is 0 Å². The van der Waals surface area contributed by atoms with Crippen LogP contribution in [-0.4, -0.2) is 48.5 Å². The van der Waals surface area contributed by atoms with Crippen LogP contribution in [0.3, 0.4) is 0 Å². The van der Waals surface area contributed by atoms with Crippen LogP contribution in [0, 0.1) is 0 Å². The van der Waals surface area contributed by atoms with Crippen LogP contribution in [0.4, 0.5) is 5.69 Å². The molecule has 1 unspecified atom stereocenters. The maximum atomic E-state index is 14.6. The molecule has 3 aromatic rings. The van der Waals surface area contributed by atoms with Gasteiger partial charge in [0.2, 0.25) is 0 Å². The predicted octanol–water partition coefficient (Wildman–Crippen LogP) is 5.99. The van der Waals surface area contributed by atoms with Crippen LogP contribution >= 0.6 is 0 Å². The molecule has 186 valence electrons. The third kappa shape index (κ3) is 4.16. The summed E-state index contributed by atoms with van der Waals surface area (Å²) in [4.78, 5) is 17.1. The molecule has 6 rings (SSSR count). The molecule has 3 aliphatic heterocycles. The molecule has 4 heteroatoms. The summed E-state index contributed by atoms with van der Waals surface area (Å²) in [5.41, 5.74) is 4.21. The van der Waals surface area contributed by atoms with Gasteiger partial charge in [0.25, 0.3) is 5.91 Å². The van der Waals surface area contributed by atoms with E-state index in [1.807, 2.05) is 5.01 Å². The molecular formula is C32H37N3O. The minimum absolute atomic E-state index is 0.232. The highest BCUT2D eigenvalue weighted by Gasteiger charge is 2.53. The van der Waals surface area contributed by atoms with E-state index in [4.69, 9.17) is 0 Å². The van der Waals surface area contributed by atoms with E-state index in [0.29, 0.717) is 5.92 Å². The number of benzene rings is 3. The van der Waals surface area contributed by atoms with Gasteiger partial charge in [-0.1, -0.05) is 85.3 Å². The summed E-state index contributed by atoms with van der Waals surface area (Å²) < 4.78 is 0. The Morgan fingerprint density at radius 2 is 1.36 bits per heavy atom. The number of amides is 1. The number of hydrazine groups is 1. The van der Waals surface area contributed by atoms with Crippen molar-refractivity contribution in [1.29, 1.82) is 0 Å². The number of fused-ring (bicyclic) bond motifs is 1. The third-order valence-electron chi connectivity index (χ3n) is 8.69. The Bertz CT molecular complexity index is 1170. The summed E-state index contributed by atoms with van der Waals surface area (Å²) in [5, 5.41) is 4.35. The Balaban J connectivity index is 1.28. The Morgan fingerprint density at radius 3 is 2.08 bits per heavy atom. The lowest BCUT2D eigenvalue weighted by Gasteiger charge is -2.38. The molecule has 2 fully saturated rings. The quantitative estimate of drug-likeness (QED) is 0.434. The number of piperidine rings is 2. The van der Waals surface area contributed by atoms with E-state index in [0.717, 1.165) is 63.2 Å². The highest BCUT2D eigenvalue weighted by Crippen LogP contribution is 2.49. The van der Waals surface area contributed by atoms with Crippen LogP contribution in [-0.2, 0) is 10.2 Å². The van der Waals surface area contributed by atoms with Crippen molar-refractivity contribution in [3.8, 4) is 0 Å². The van der Waals surface area contributed by atoms with Gasteiger partial charge in [-0.2, -0.15) is 0 Å². The average molecular weight is 480 g/mol. The van der Waals surface area contributed by atoms with Gasteiger partial charge in [0.05, 0.1) is 5.69 Å². The number of carbonyl (C=O) groups is 1. The number of nitrogens with zero attached hydrogens (tertiary/aromatic N) is 3. The fourth-order valence-electron chi connectivity index (χ4n) is 6.71. The van der Waals surface area contributed by atoms with Crippen LogP contribution in [0.15, 0.2) is 84.9 Å². The summed E-state index contributed by atoms with van der Waals surface area (Å²) in [7, 11) is 0. The van der Waals surface area contributed by atoms with Gasteiger partial charge in [-0.05, 0) is 80.4 Å². The standard InChI is InChI=1S/C32H37N3O/c36-31-32(28-14-6-2-7-15-28,20-25-33-23-18-27(19-24-33)26-12-4-1-5-13-26)29-16-8-9-17-30(29)35(31)34-21-10-3-11-22-34/h1-2,4-9,12-17,27H,3,10-11,18-25H2. The number of hydrogen-bond acceptors (Lipinski definition) is 3. The number of anilines is 1. The zero-order chi connectivity index (χ0) is 24.4. The van der Waals surface area contributed by atoms with E-state index in [-0.39, 0.29) is 5.91 Å². The van der Waals surface area contributed by atoms with Crippen molar-refractivity contribution in [2.75, 3.05) is 37.7 Å². The van der Waals surface area contributed by atoms with Crippen molar-refractivity contribution in [2.24, 2.45) is 0 Å². The van der Waals surface area contributed by atoms with Gasteiger partial charge in [-0.15, -0.1) is 0 Å². The third-order valence-corrected chi connectivity index (χ3v) is 8.69. The molecule has 0 saturated carbocycles. The summed E-state index contributed by atoms with van der Waals surface area (Å²) >= 11 is 0. The molecule has 3 aromatic carbocycles. The molecular weight excluding hydrogens is 442 g/mol. The Hall–Kier alpha value is -2.95. The minimum atomic E-state index is -0.633. The molecule has 1 atom stereocenters. The largest absolute Gasteiger partial charge is 0.303 e. The molecule has 0 aromatic heterocycles. The van der Waals surface area contributed by atoms with E-state index < -0.39 is 5.41 Å². The molecule has 36 heavy (non-hydrogen) atoms. The lowest BCUT2D eigenvalue weighted by atomic mass is 9.72. The van der Waals surface area contributed by atoms with Crippen LogP contribution < -0.4 is 5.01 Å². The lowest BCUT2D eigenvalue weighted by molar-refractivity contribution is -0.125. The average Bonchev–Trinajstić information content (AvgIpc) is 3.22. The van der Waals surface area contributed by atoms with Crippen molar-refractivity contribution < 1.29 is 4.79 Å². The number of para-hydroxylation sites is 1. The Morgan fingerprint density at radius 1 is 0.722 bits per heavy atom. The molecule has 0 bridgehead atoms. The SMILES string of the molecule is O=C1N(N2CCCCC2)c2ccccc2C1(CCN1CCC(c2ccccc2)CC1)c1ccccc1. The van der Waals surface area contributed by atoms with Crippen molar-refractivity contribution in [3.05, 3.63) is 102 Å². The first-order chi connectivity index (χ1) is 17.8. The smallest absolute Gasteiger partial charge is 0.256 e. The highest BCUT2D eigenvalue weighted by atomic mass is 16.2. The number of likely N-dealkylation sites (tertiary alicyclic amines) is 1.